The topological polar surface area (TPSA) is 68.0 Å². The second kappa shape index (κ2) is 5.71. The molecule has 102 valence electrons. The molecule has 1 unspecified atom stereocenters. The molecule has 2 aromatic rings. The minimum absolute atomic E-state index is 0.0281. The van der Waals surface area contributed by atoms with Crippen molar-refractivity contribution in [3.63, 3.8) is 0 Å². The van der Waals surface area contributed by atoms with E-state index in [1.807, 2.05) is 18.4 Å². The number of nitrogens with zero attached hydrogens (tertiary/aromatic N) is 1. The van der Waals surface area contributed by atoms with Gasteiger partial charge in [0.1, 0.15) is 10.7 Å². The van der Waals surface area contributed by atoms with E-state index in [-0.39, 0.29) is 5.78 Å². The molecule has 19 heavy (non-hydrogen) atoms. The minimum atomic E-state index is -0.0281. The van der Waals surface area contributed by atoms with Gasteiger partial charge in [-0.1, -0.05) is 18.3 Å². The van der Waals surface area contributed by atoms with Crippen LogP contribution in [-0.2, 0) is 0 Å². The molecule has 0 aliphatic heterocycles. The standard InChI is InChI=1S/C13H17N3OS2/c1-4-8(3)15-13-16-12(14)11(19-13)9(17)10-7(2)5-6-18-10/h5-6,8H,4,14H2,1-3H3,(H,15,16). The summed E-state index contributed by atoms with van der Waals surface area (Å²) >= 11 is 2.77. The van der Waals surface area contributed by atoms with Crippen LogP contribution in [0.5, 0.6) is 0 Å². The number of rotatable bonds is 5. The lowest BCUT2D eigenvalue weighted by Crippen LogP contribution is -2.12. The Bertz CT molecular complexity index is 588. The first-order valence-corrected chi connectivity index (χ1v) is 7.84. The molecular formula is C13H17N3OS2. The molecule has 0 aliphatic carbocycles. The lowest BCUT2D eigenvalue weighted by molar-refractivity contribution is 0.104. The zero-order chi connectivity index (χ0) is 14.0. The van der Waals surface area contributed by atoms with Crippen LogP contribution in [0.2, 0.25) is 0 Å². The number of nitrogens with one attached hydrogen (secondary N) is 1. The van der Waals surface area contributed by atoms with Crippen molar-refractivity contribution in [3.05, 3.63) is 26.8 Å². The van der Waals surface area contributed by atoms with Gasteiger partial charge in [-0.05, 0) is 37.3 Å². The normalized spacial score (nSPS) is 12.4. The van der Waals surface area contributed by atoms with Crippen molar-refractivity contribution < 1.29 is 4.79 Å². The van der Waals surface area contributed by atoms with Gasteiger partial charge in [0.2, 0.25) is 5.78 Å². The zero-order valence-electron chi connectivity index (χ0n) is 11.2. The first kappa shape index (κ1) is 14.0. The molecule has 0 saturated heterocycles. The van der Waals surface area contributed by atoms with Crippen molar-refractivity contribution in [1.82, 2.24) is 4.98 Å². The number of carbonyl (C=O) groups is 1. The molecule has 0 aliphatic rings. The highest BCUT2D eigenvalue weighted by Crippen LogP contribution is 2.30. The van der Waals surface area contributed by atoms with Crippen LogP contribution >= 0.6 is 22.7 Å². The number of hydrogen-bond donors (Lipinski definition) is 2. The van der Waals surface area contributed by atoms with Gasteiger partial charge in [-0.15, -0.1) is 11.3 Å². The van der Waals surface area contributed by atoms with Crippen molar-refractivity contribution >= 4 is 39.4 Å². The number of nitrogens with two attached hydrogens (primary N) is 1. The predicted octanol–water partition coefficient (Wildman–Crippen LogP) is 3.54. The van der Waals surface area contributed by atoms with E-state index in [0.29, 0.717) is 21.9 Å². The van der Waals surface area contributed by atoms with Crippen LogP contribution in [0.15, 0.2) is 11.4 Å². The molecular weight excluding hydrogens is 278 g/mol. The number of hydrogen-bond acceptors (Lipinski definition) is 6. The summed E-state index contributed by atoms with van der Waals surface area (Å²) in [7, 11) is 0. The van der Waals surface area contributed by atoms with Crippen molar-refractivity contribution in [2.24, 2.45) is 0 Å². The van der Waals surface area contributed by atoms with Crippen LogP contribution in [0.1, 0.15) is 40.4 Å². The minimum Gasteiger partial charge on any atom is -0.382 e. The monoisotopic (exact) mass is 295 g/mol. The Hall–Kier alpha value is -1.40. The fraction of sp³-hybridized carbons (Fsp3) is 0.385. The van der Waals surface area contributed by atoms with Crippen LogP contribution in [-0.4, -0.2) is 16.8 Å². The number of aromatic nitrogens is 1. The van der Waals surface area contributed by atoms with E-state index in [1.165, 1.54) is 22.7 Å². The number of nitrogen functional groups attached to an aromatic ring is 1. The van der Waals surface area contributed by atoms with Gasteiger partial charge in [0.05, 0.1) is 4.88 Å². The molecule has 0 saturated carbocycles. The van der Waals surface area contributed by atoms with Gasteiger partial charge in [-0.25, -0.2) is 4.98 Å². The van der Waals surface area contributed by atoms with Gasteiger partial charge in [0.15, 0.2) is 5.13 Å². The van der Waals surface area contributed by atoms with Crippen LogP contribution in [0.4, 0.5) is 10.9 Å². The molecule has 2 aromatic heterocycles. The van der Waals surface area contributed by atoms with Crippen LogP contribution < -0.4 is 11.1 Å². The van der Waals surface area contributed by atoms with Gasteiger partial charge >= 0.3 is 0 Å². The van der Waals surface area contributed by atoms with Gasteiger partial charge in [-0.3, -0.25) is 4.79 Å². The molecule has 0 radical (unpaired) electrons. The molecule has 4 nitrogen and oxygen atoms in total. The molecule has 0 spiro atoms. The summed E-state index contributed by atoms with van der Waals surface area (Å²) in [5.41, 5.74) is 6.84. The number of thiazole rings is 1. The molecule has 6 heteroatoms. The third-order valence-electron chi connectivity index (χ3n) is 2.91. The first-order valence-electron chi connectivity index (χ1n) is 6.14. The largest absolute Gasteiger partial charge is 0.382 e. The van der Waals surface area contributed by atoms with Gasteiger partial charge in [0, 0.05) is 6.04 Å². The van der Waals surface area contributed by atoms with Crippen LogP contribution in [0, 0.1) is 6.92 Å². The first-order chi connectivity index (χ1) is 9.02. The quantitative estimate of drug-likeness (QED) is 0.828. The van der Waals surface area contributed by atoms with E-state index in [4.69, 9.17) is 5.73 Å². The summed E-state index contributed by atoms with van der Waals surface area (Å²) in [5, 5.41) is 5.87. The number of ketones is 1. The summed E-state index contributed by atoms with van der Waals surface area (Å²) in [6.07, 6.45) is 0.993. The summed E-state index contributed by atoms with van der Waals surface area (Å²) in [6, 6.07) is 2.25. The number of thiophene rings is 1. The number of carbonyl (C=O) groups excluding carboxylic acids is 1. The average molecular weight is 295 g/mol. The highest BCUT2D eigenvalue weighted by molar-refractivity contribution is 7.19. The van der Waals surface area contributed by atoms with Gasteiger partial charge < -0.3 is 11.1 Å². The van der Waals surface area contributed by atoms with Crippen LogP contribution in [0.25, 0.3) is 0 Å². The maximum absolute atomic E-state index is 12.4. The fourth-order valence-corrected chi connectivity index (χ4v) is 3.46. The molecule has 0 bridgehead atoms. The second-order valence-corrected chi connectivity index (χ2v) is 6.36. The molecule has 0 amide bonds. The predicted molar refractivity (Wildman–Crippen MR) is 82.4 cm³/mol. The van der Waals surface area contributed by atoms with E-state index in [9.17, 15) is 4.79 Å². The summed E-state index contributed by atoms with van der Waals surface area (Å²) in [5.74, 6) is 0.285. The highest BCUT2D eigenvalue weighted by atomic mass is 32.1. The van der Waals surface area contributed by atoms with E-state index in [1.54, 1.807) is 0 Å². The van der Waals surface area contributed by atoms with Crippen molar-refractivity contribution in [3.8, 4) is 0 Å². The lowest BCUT2D eigenvalue weighted by atomic mass is 10.2. The average Bonchev–Trinajstić information content (AvgIpc) is 2.94. The Kier molecular flexibility index (Phi) is 4.21. The maximum Gasteiger partial charge on any atom is 0.217 e. The lowest BCUT2D eigenvalue weighted by Gasteiger charge is -2.08. The molecule has 0 aromatic carbocycles. The Morgan fingerprint density at radius 3 is 2.84 bits per heavy atom. The van der Waals surface area contributed by atoms with Crippen molar-refractivity contribution in [2.75, 3.05) is 11.1 Å². The van der Waals surface area contributed by atoms with Gasteiger partial charge in [0.25, 0.3) is 0 Å². The Labute approximate surface area is 120 Å². The second-order valence-electron chi connectivity index (χ2n) is 4.45. The van der Waals surface area contributed by atoms with Gasteiger partial charge in [-0.2, -0.15) is 0 Å². The Morgan fingerprint density at radius 1 is 1.53 bits per heavy atom. The molecule has 1 atom stereocenters. The number of anilines is 2. The highest BCUT2D eigenvalue weighted by Gasteiger charge is 2.20. The Balaban J connectivity index is 2.26. The summed E-state index contributed by atoms with van der Waals surface area (Å²) < 4.78 is 0. The smallest absolute Gasteiger partial charge is 0.217 e. The van der Waals surface area contributed by atoms with E-state index in [2.05, 4.69) is 24.1 Å². The summed E-state index contributed by atoms with van der Waals surface area (Å²) in [6.45, 7) is 6.09. The van der Waals surface area contributed by atoms with E-state index >= 15 is 0 Å². The van der Waals surface area contributed by atoms with E-state index < -0.39 is 0 Å². The maximum atomic E-state index is 12.4. The SMILES string of the molecule is CCC(C)Nc1nc(N)c(C(=O)c2sccc2C)s1. The zero-order valence-corrected chi connectivity index (χ0v) is 12.8. The molecule has 3 N–H and O–H groups in total. The van der Waals surface area contributed by atoms with Crippen LogP contribution in [0.3, 0.4) is 0 Å². The molecule has 2 rings (SSSR count). The Morgan fingerprint density at radius 2 is 2.26 bits per heavy atom. The van der Waals surface area contributed by atoms with E-state index in [0.717, 1.165) is 16.9 Å². The van der Waals surface area contributed by atoms with Crippen molar-refractivity contribution in [1.29, 1.82) is 0 Å². The summed E-state index contributed by atoms with van der Waals surface area (Å²) in [4.78, 5) is 17.9. The fourth-order valence-electron chi connectivity index (χ4n) is 1.58. The molecule has 2 heterocycles. The van der Waals surface area contributed by atoms with Crippen molar-refractivity contribution in [2.45, 2.75) is 33.2 Å². The number of aryl methyl sites for hydroxylation is 1. The molecule has 0 fully saturated rings. The third kappa shape index (κ3) is 2.96. The third-order valence-corrected chi connectivity index (χ3v) is 4.93.